The second kappa shape index (κ2) is 5.03. The summed E-state index contributed by atoms with van der Waals surface area (Å²) in [4.78, 5) is 6.19. The van der Waals surface area contributed by atoms with Crippen LogP contribution in [0.15, 0.2) is 23.2 Å². The Hall–Kier alpha value is -1.22. The average molecular weight is 227 g/mol. The van der Waals surface area contributed by atoms with E-state index in [1.54, 1.807) is 7.11 Å². The molecule has 0 bridgehead atoms. The first-order chi connectivity index (χ1) is 7.04. The Morgan fingerprint density at radius 2 is 2.07 bits per heavy atom. The van der Waals surface area contributed by atoms with Gasteiger partial charge in [0.05, 0.1) is 12.8 Å². The minimum absolute atomic E-state index is 0.570. The van der Waals surface area contributed by atoms with Gasteiger partial charge in [-0.2, -0.15) is 4.99 Å². The van der Waals surface area contributed by atoms with Crippen molar-refractivity contribution in [3.63, 3.8) is 0 Å². The first-order valence-electron chi connectivity index (χ1n) is 4.60. The number of rotatable bonds is 1. The fourth-order valence-electron chi connectivity index (χ4n) is 1.18. The van der Waals surface area contributed by atoms with Crippen LogP contribution in [-0.4, -0.2) is 32.1 Å². The zero-order chi connectivity index (χ0) is 11.4. The molecule has 0 N–H and O–H groups in total. The Morgan fingerprint density at radius 1 is 1.40 bits per heavy atom. The van der Waals surface area contributed by atoms with Gasteiger partial charge in [0.15, 0.2) is 0 Å². The van der Waals surface area contributed by atoms with Crippen LogP contribution < -0.4 is 0 Å². The van der Waals surface area contributed by atoms with Crippen molar-refractivity contribution in [2.45, 2.75) is 6.92 Å². The summed E-state index contributed by atoms with van der Waals surface area (Å²) in [6.07, 6.45) is 0. The molecule has 82 valence electrons. The Kier molecular flexibility index (Phi) is 3.97. The highest BCUT2D eigenvalue weighted by Gasteiger charge is 2.03. The third-order valence-corrected chi connectivity index (χ3v) is 2.18. The summed E-state index contributed by atoms with van der Waals surface area (Å²) in [7, 11) is 5.37. The van der Waals surface area contributed by atoms with E-state index in [4.69, 9.17) is 16.3 Å². The number of nitrogens with zero attached hydrogens (tertiary/aromatic N) is 2. The number of benzene rings is 1. The molecule has 0 heterocycles. The van der Waals surface area contributed by atoms with Gasteiger partial charge in [-0.3, -0.25) is 0 Å². The molecule has 1 aromatic rings. The molecule has 0 atom stereocenters. The number of aliphatic imine (C=N–C) groups is 1. The molecule has 1 aromatic carbocycles. The third-order valence-electron chi connectivity index (χ3n) is 1.94. The maximum absolute atomic E-state index is 5.86. The van der Waals surface area contributed by atoms with E-state index < -0.39 is 0 Å². The molecule has 1 rings (SSSR count). The second-order valence-electron chi connectivity index (χ2n) is 3.42. The fraction of sp³-hybridized carbons (Fsp3) is 0.364. The lowest BCUT2D eigenvalue weighted by Crippen LogP contribution is -2.23. The number of hydrogen-bond acceptors (Lipinski definition) is 2. The Bertz CT molecular complexity index is 375. The molecule has 3 nitrogen and oxygen atoms in total. The highest BCUT2D eigenvalue weighted by Crippen LogP contribution is 2.22. The predicted molar refractivity (Wildman–Crippen MR) is 64.0 cm³/mol. The standard InChI is InChI=1S/C11H15ClN2O/c1-8-7-9(12)5-6-10(8)13-11(15-4)14(2)3/h5-7H,1-4H3. The molecular weight excluding hydrogens is 212 g/mol. The first kappa shape index (κ1) is 11.9. The first-order valence-corrected chi connectivity index (χ1v) is 4.98. The van der Waals surface area contributed by atoms with Crippen molar-refractivity contribution in [2.24, 2.45) is 4.99 Å². The van der Waals surface area contributed by atoms with Crippen LogP contribution in [0.4, 0.5) is 5.69 Å². The Labute approximate surface area is 95.3 Å². The number of ether oxygens (including phenoxy) is 1. The largest absolute Gasteiger partial charge is 0.468 e. The topological polar surface area (TPSA) is 24.8 Å². The molecule has 0 fully saturated rings. The van der Waals surface area contributed by atoms with Crippen LogP contribution in [0.1, 0.15) is 5.56 Å². The third kappa shape index (κ3) is 3.13. The van der Waals surface area contributed by atoms with Crippen LogP contribution in [0.5, 0.6) is 0 Å². The molecule has 0 unspecified atom stereocenters. The van der Waals surface area contributed by atoms with Gasteiger partial charge in [0.2, 0.25) is 0 Å². The van der Waals surface area contributed by atoms with Gasteiger partial charge in [-0.05, 0) is 30.7 Å². The highest BCUT2D eigenvalue weighted by molar-refractivity contribution is 6.30. The van der Waals surface area contributed by atoms with Gasteiger partial charge in [-0.15, -0.1) is 0 Å². The van der Waals surface area contributed by atoms with Crippen molar-refractivity contribution in [1.82, 2.24) is 4.90 Å². The van der Waals surface area contributed by atoms with E-state index in [1.165, 1.54) is 0 Å². The molecule has 0 aliphatic rings. The zero-order valence-corrected chi connectivity index (χ0v) is 10.2. The van der Waals surface area contributed by atoms with Gasteiger partial charge in [0.1, 0.15) is 0 Å². The van der Waals surface area contributed by atoms with Crippen LogP contribution in [0.25, 0.3) is 0 Å². The molecule has 0 aliphatic carbocycles. The van der Waals surface area contributed by atoms with Crippen molar-refractivity contribution in [1.29, 1.82) is 0 Å². The summed E-state index contributed by atoms with van der Waals surface area (Å²) in [5.74, 6) is 0. The fourth-order valence-corrected chi connectivity index (χ4v) is 1.40. The van der Waals surface area contributed by atoms with E-state index in [0.29, 0.717) is 6.02 Å². The molecule has 0 aliphatic heterocycles. The monoisotopic (exact) mass is 226 g/mol. The quantitative estimate of drug-likeness (QED) is 0.544. The maximum atomic E-state index is 5.86. The van der Waals surface area contributed by atoms with Crippen molar-refractivity contribution in [3.8, 4) is 0 Å². The molecule has 15 heavy (non-hydrogen) atoms. The average Bonchev–Trinajstić information content (AvgIpc) is 2.16. The summed E-state index contributed by atoms with van der Waals surface area (Å²) in [5.41, 5.74) is 1.89. The SMILES string of the molecule is COC(=Nc1ccc(Cl)cc1C)N(C)C. The van der Waals surface area contributed by atoms with E-state index in [-0.39, 0.29) is 0 Å². The molecule has 0 saturated carbocycles. The van der Waals surface area contributed by atoms with E-state index >= 15 is 0 Å². The molecule has 0 radical (unpaired) electrons. The summed E-state index contributed by atoms with van der Waals surface area (Å²) in [6.45, 7) is 1.97. The summed E-state index contributed by atoms with van der Waals surface area (Å²) in [6, 6.07) is 6.14. The molecular formula is C11H15ClN2O. The van der Waals surface area contributed by atoms with Crippen LogP contribution in [-0.2, 0) is 4.74 Å². The van der Waals surface area contributed by atoms with Gasteiger partial charge in [0, 0.05) is 19.1 Å². The van der Waals surface area contributed by atoms with E-state index in [0.717, 1.165) is 16.3 Å². The summed E-state index contributed by atoms with van der Waals surface area (Å²) < 4.78 is 5.14. The summed E-state index contributed by atoms with van der Waals surface area (Å²) in [5, 5.41) is 0.718. The molecule has 0 aromatic heterocycles. The van der Waals surface area contributed by atoms with Gasteiger partial charge in [-0.1, -0.05) is 11.6 Å². The van der Waals surface area contributed by atoms with Crippen LogP contribution in [0.3, 0.4) is 0 Å². The number of amidine groups is 1. The number of hydrogen-bond donors (Lipinski definition) is 0. The van der Waals surface area contributed by atoms with Crippen LogP contribution in [0.2, 0.25) is 5.02 Å². The lowest BCUT2D eigenvalue weighted by Gasteiger charge is -2.13. The minimum atomic E-state index is 0.570. The van der Waals surface area contributed by atoms with Gasteiger partial charge >= 0.3 is 0 Å². The second-order valence-corrected chi connectivity index (χ2v) is 3.86. The molecule has 0 saturated heterocycles. The molecule has 4 heteroatoms. The minimum Gasteiger partial charge on any atom is -0.468 e. The van der Waals surface area contributed by atoms with Crippen LogP contribution in [0, 0.1) is 6.92 Å². The number of aryl methyl sites for hydroxylation is 1. The van der Waals surface area contributed by atoms with Gasteiger partial charge in [-0.25, -0.2) is 0 Å². The van der Waals surface area contributed by atoms with Crippen LogP contribution >= 0.6 is 11.6 Å². The van der Waals surface area contributed by atoms with E-state index in [1.807, 2.05) is 44.1 Å². The van der Waals surface area contributed by atoms with E-state index in [9.17, 15) is 0 Å². The lowest BCUT2D eigenvalue weighted by molar-refractivity contribution is 0.331. The summed E-state index contributed by atoms with van der Waals surface area (Å²) >= 11 is 5.86. The maximum Gasteiger partial charge on any atom is 0.291 e. The van der Waals surface area contributed by atoms with Crippen molar-refractivity contribution in [3.05, 3.63) is 28.8 Å². The van der Waals surface area contributed by atoms with Crippen molar-refractivity contribution in [2.75, 3.05) is 21.2 Å². The van der Waals surface area contributed by atoms with E-state index in [2.05, 4.69) is 4.99 Å². The smallest absolute Gasteiger partial charge is 0.291 e. The molecule has 0 amide bonds. The Balaban J connectivity index is 3.06. The van der Waals surface area contributed by atoms with Gasteiger partial charge in [0.25, 0.3) is 6.02 Å². The van der Waals surface area contributed by atoms with Crippen molar-refractivity contribution >= 4 is 23.3 Å². The number of methoxy groups -OCH3 is 1. The normalized spacial score (nSPS) is 11.4. The number of halogens is 1. The lowest BCUT2D eigenvalue weighted by atomic mass is 10.2. The zero-order valence-electron chi connectivity index (χ0n) is 9.41. The Morgan fingerprint density at radius 3 is 2.53 bits per heavy atom. The predicted octanol–water partition coefficient (Wildman–Crippen LogP) is 2.84. The molecule has 0 spiro atoms. The highest BCUT2D eigenvalue weighted by atomic mass is 35.5. The van der Waals surface area contributed by atoms with Crippen molar-refractivity contribution < 1.29 is 4.74 Å². The van der Waals surface area contributed by atoms with Gasteiger partial charge < -0.3 is 9.64 Å².